The van der Waals surface area contributed by atoms with E-state index in [-0.39, 0.29) is 37.2 Å². The van der Waals surface area contributed by atoms with Crippen LogP contribution in [0.4, 0.5) is 0 Å². The van der Waals surface area contributed by atoms with Crippen molar-refractivity contribution in [3.8, 4) is 0 Å². The number of rotatable bonds is 19. The molecule has 0 heterocycles. The van der Waals surface area contributed by atoms with E-state index in [1.54, 1.807) is 47.6 Å². The first-order valence-corrected chi connectivity index (χ1v) is 16.3. The summed E-state index contributed by atoms with van der Waals surface area (Å²) in [4.78, 5) is 49.8. The zero-order chi connectivity index (χ0) is 34.4. The highest BCUT2D eigenvalue weighted by Crippen LogP contribution is 2.28. The Hall–Kier alpha value is -2.64. The molecule has 2 N–H and O–H groups in total. The Kier molecular flexibility index (Phi) is 17.9. The predicted octanol–water partition coefficient (Wildman–Crippen LogP) is 8.63. The summed E-state index contributed by atoms with van der Waals surface area (Å²) in [6.07, 6.45) is 7.72. The number of hydrogen-bond donors (Lipinski definition) is 2. The van der Waals surface area contributed by atoms with Crippen LogP contribution in [0.2, 0.25) is 0 Å². The van der Waals surface area contributed by atoms with Crippen LogP contribution in [0, 0.1) is 35.5 Å². The first-order valence-electron chi connectivity index (χ1n) is 16.3. The summed E-state index contributed by atoms with van der Waals surface area (Å²) in [7, 11) is 0. The highest BCUT2D eigenvalue weighted by molar-refractivity contribution is 5.88. The molecule has 44 heavy (non-hydrogen) atoms. The van der Waals surface area contributed by atoms with Gasteiger partial charge in [0.25, 0.3) is 0 Å². The number of esters is 2. The van der Waals surface area contributed by atoms with Gasteiger partial charge >= 0.3 is 23.9 Å². The molecule has 8 heteroatoms. The zero-order valence-electron chi connectivity index (χ0n) is 29.6. The second-order valence-electron chi connectivity index (χ2n) is 15.1. The summed E-state index contributed by atoms with van der Waals surface area (Å²) in [6.45, 7) is 23.4. The van der Waals surface area contributed by atoms with Crippen molar-refractivity contribution in [2.45, 2.75) is 146 Å². The van der Waals surface area contributed by atoms with Crippen LogP contribution in [0.5, 0.6) is 0 Å². The van der Waals surface area contributed by atoms with Gasteiger partial charge in [0, 0.05) is 5.57 Å². The summed E-state index contributed by atoms with van der Waals surface area (Å²) in [5.41, 5.74) is -0.767. The first kappa shape index (κ1) is 41.4. The number of hydrogen-bond acceptors (Lipinski definition) is 6. The third-order valence-electron chi connectivity index (χ3n) is 7.56. The molecule has 254 valence electrons. The monoisotopic (exact) mass is 622 g/mol. The van der Waals surface area contributed by atoms with Gasteiger partial charge in [0.15, 0.2) is 0 Å². The average Bonchev–Trinajstić information content (AvgIpc) is 2.81. The van der Waals surface area contributed by atoms with Crippen molar-refractivity contribution in [3.63, 3.8) is 0 Å². The highest BCUT2D eigenvalue weighted by atomic mass is 16.6. The lowest BCUT2D eigenvalue weighted by molar-refractivity contribution is -0.167. The maximum Gasteiger partial charge on any atom is 0.331 e. The van der Waals surface area contributed by atoms with Crippen molar-refractivity contribution in [2.24, 2.45) is 35.5 Å². The van der Waals surface area contributed by atoms with E-state index in [1.165, 1.54) is 12.8 Å². The summed E-state index contributed by atoms with van der Waals surface area (Å²) in [5.74, 6) is -3.36. The van der Waals surface area contributed by atoms with Gasteiger partial charge in [0.05, 0.1) is 18.3 Å². The molecule has 6 atom stereocenters. The van der Waals surface area contributed by atoms with Crippen LogP contribution in [0.3, 0.4) is 0 Å². The van der Waals surface area contributed by atoms with Gasteiger partial charge < -0.3 is 19.7 Å². The molecule has 0 aromatic carbocycles. The van der Waals surface area contributed by atoms with Crippen molar-refractivity contribution in [2.75, 3.05) is 0 Å². The fourth-order valence-electron chi connectivity index (χ4n) is 5.67. The molecule has 8 nitrogen and oxygen atoms in total. The maximum atomic E-state index is 12.9. The SMILES string of the molecule is CCC(C)CC(C)CC(C)CC(C)C=C(C)C=C(CC(CCC(CC(=O)OC(C)(C)C)C(=O)OC(C)(C)C)C(=O)O)C(=O)O. The molecule has 0 saturated heterocycles. The molecule has 0 saturated carbocycles. The van der Waals surface area contributed by atoms with Crippen LogP contribution >= 0.6 is 0 Å². The number of carbonyl (C=O) groups is 4. The third-order valence-corrected chi connectivity index (χ3v) is 7.56. The van der Waals surface area contributed by atoms with Crippen molar-refractivity contribution in [1.82, 2.24) is 0 Å². The van der Waals surface area contributed by atoms with Crippen LogP contribution in [0.15, 0.2) is 23.3 Å². The molecule has 0 aromatic rings. The summed E-state index contributed by atoms with van der Waals surface area (Å²) >= 11 is 0. The van der Waals surface area contributed by atoms with E-state index in [1.807, 2.05) is 13.0 Å². The maximum absolute atomic E-state index is 12.9. The number of carbonyl (C=O) groups excluding carboxylic acids is 2. The van der Waals surface area contributed by atoms with Crippen LogP contribution in [0.25, 0.3) is 0 Å². The minimum absolute atomic E-state index is 0.00181. The van der Waals surface area contributed by atoms with Crippen LogP contribution < -0.4 is 0 Å². The summed E-state index contributed by atoms with van der Waals surface area (Å²) < 4.78 is 10.9. The Morgan fingerprint density at radius 1 is 0.727 bits per heavy atom. The van der Waals surface area contributed by atoms with Gasteiger partial charge in [0.2, 0.25) is 0 Å². The Labute approximate surface area is 267 Å². The van der Waals surface area contributed by atoms with E-state index in [0.29, 0.717) is 11.8 Å². The van der Waals surface area contributed by atoms with Crippen molar-refractivity contribution >= 4 is 23.9 Å². The minimum Gasteiger partial charge on any atom is -0.481 e. The molecule has 0 aromatic heterocycles. The van der Waals surface area contributed by atoms with Gasteiger partial charge in [-0.05, 0) is 117 Å². The smallest absolute Gasteiger partial charge is 0.331 e. The second-order valence-corrected chi connectivity index (χ2v) is 15.1. The van der Waals surface area contributed by atoms with Gasteiger partial charge in [-0.2, -0.15) is 0 Å². The highest BCUT2D eigenvalue weighted by Gasteiger charge is 2.32. The van der Waals surface area contributed by atoms with Gasteiger partial charge in [-0.3, -0.25) is 14.4 Å². The Morgan fingerprint density at radius 3 is 1.70 bits per heavy atom. The number of carboxylic acid groups (broad SMARTS) is 2. The summed E-state index contributed by atoms with van der Waals surface area (Å²) in [5, 5.41) is 19.9. The van der Waals surface area contributed by atoms with Crippen LogP contribution in [0.1, 0.15) is 134 Å². The van der Waals surface area contributed by atoms with Gasteiger partial charge in [0.1, 0.15) is 11.2 Å². The second kappa shape index (κ2) is 19.0. The van der Waals surface area contributed by atoms with Crippen LogP contribution in [-0.4, -0.2) is 45.3 Å². The lowest BCUT2D eigenvalue weighted by Crippen LogP contribution is -2.32. The average molecular weight is 623 g/mol. The molecular weight excluding hydrogens is 560 g/mol. The Bertz CT molecular complexity index is 995. The van der Waals surface area contributed by atoms with E-state index < -0.39 is 46.9 Å². The minimum atomic E-state index is -1.18. The Balaban J connectivity index is 5.66. The molecule has 0 fully saturated rings. The molecule has 0 spiro atoms. The fourth-order valence-corrected chi connectivity index (χ4v) is 5.67. The molecule has 0 bridgehead atoms. The van der Waals surface area contributed by atoms with Gasteiger partial charge in [-0.1, -0.05) is 52.7 Å². The molecule has 6 unspecified atom stereocenters. The first-order chi connectivity index (χ1) is 20.0. The van der Waals surface area contributed by atoms with E-state index in [0.717, 1.165) is 24.3 Å². The normalized spacial score (nSPS) is 17.2. The van der Waals surface area contributed by atoms with Crippen molar-refractivity contribution < 1.29 is 38.9 Å². The molecule has 0 aliphatic carbocycles. The van der Waals surface area contributed by atoms with Crippen molar-refractivity contribution in [1.29, 1.82) is 0 Å². The largest absolute Gasteiger partial charge is 0.481 e. The van der Waals surface area contributed by atoms with Gasteiger partial charge in [-0.15, -0.1) is 0 Å². The number of aliphatic carboxylic acids is 2. The molecule has 0 amide bonds. The number of carboxylic acids is 2. The summed E-state index contributed by atoms with van der Waals surface area (Å²) in [6, 6.07) is 0. The molecule has 0 aliphatic rings. The predicted molar refractivity (Wildman–Crippen MR) is 175 cm³/mol. The van der Waals surface area contributed by atoms with E-state index >= 15 is 0 Å². The van der Waals surface area contributed by atoms with E-state index in [9.17, 15) is 29.4 Å². The van der Waals surface area contributed by atoms with Crippen LogP contribution in [-0.2, 0) is 28.7 Å². The quantitative estimate of drug-likeness (QED) is 0.0832. The Morgan fingerprint density at radius 2 is 1.23 bits per heavy atom. The topological polar surface area (TPSA) is 127 Å². The lowest BCUT2D eigenvalue weighted by atomic mass is 9.84. The zero-order valence-corrected chi connectivity index (χ0v) is 29.6. The third kappa shape index (κ3) is 19.6. The molecular formula is C36H62O8. The van der Waals surface area contributed by atoms with Crippen molar-refractivity contribution in [3.05, 3.63) is 23.3 Å². The number of ether oxygens (including phenoxy) is 2. The molecule has 0 radical (unpaired) electrons. The number of allylic oxidation sites excluding steroid dienone is 3. The standard InChI is InChI=1S/C36H62O8/c1-13-23(2)16-24(3)17-25(4)18-26(5)19-27(6)20-30(33(40)41)21-28(32(38)39)14-15-29(34(42)44-36(10,11)12)22-31(37)43-35(7,8)9/h19-20,23-26,28-29H,13-18,21-22H2,1-12H3,(H,38,39)(H,40,41). The molecule has 0 rings (SSSR count). The van der Waals surface area contributed by atoms with E-state index in [4.69, 9.17) is 9.47 Å². The van der Waals surface area contributed by atoms with E-state index in [2.05, 4.69) is 34.6 Å². The lowest BCUT2D eigenvalue weighted by Gasteiger charge is -2.26. The molecule has 0 aliphatic heterocycles. The fraction of sp³-hybridized carbons (Fsp3) is 0.778. The van der Waals surface area contributed by atoms with Gasteiger partial charge in [-0.25, -0.2) is 4.79 Å².